The Kier molecular flexibility index (Phi) is 5.15. The molecule has 2 unspecified atom stereocenters. The smallest absolute Gasteiger partial charge is 0.400 e. The summed E-state index contributed by atoms with van der Waals surface area (Å²) in [7, 11) is 0. The topological polar surface area (TPSA) is 70.6 Å². The van der Waals surface area contributed by atoms with Crippen molar-refractivity contribution in [3.63, 3.8) is 0 Å². The molecule has 2 atom stereocenters. The van der Waals surface area contributed by atoms with Crippen LogP contribution in [0.25, 0.3) is 0 Å². The van der Waals surface area contributed by atoms with Crippen LogP contribution < -0.4 is 11.1 Å². The molecular formula is C10H18F3N3OS. The Balaban J connectivity index is 2.48. The average Bonchev–Trinajstić information content (AvgIpc) is 2.69. The molecule has 0 amide bonds. The molecule has 8 heteroatoms. The molecule has 1 fully saturated rings. The number of alkyl halides is 3. The van der Waals surface area contributed by atoms with Gasteiger partial charge in [-0.05, 0) is 25.5 Å². The van der Waals surface area contributed by atoms with E-state index in [2.05, 4.69) is 10.5 Å². The third kappa shape index (κ3) is 4.24. The zero-order valence-corrected chi connectivity index (χ0v) is 10.9. The van der Waals surface area contributed by atoms with Gasteiger partial charge < -0.3 is 16.3 Å². The number of hydrogen-bond acceptors (Lipinski definition) is 4. The molecule has 106 valence electrons. The van der Waals surface area contributed by atoms with Crippen molar-refractivity contribution in [1.82, 2.24) is 5.32 Å². The highest BCUT2D eigenvalue weighted by molar-refractivity contribution is 8.00. The fraction of sp³-hybridized carbons (Fsp3) is 0.900. The zero-order chi connectivity index (χ0) is 13.8. The number of nitrogens with two attached hydrogens (primary N) is 1. The first-order chi connectivity index (χ1) is 8.28. The van der Waals surface area contributed by atoms with E-state index >= 15 is 0 Å². The molecule has 0 saturated carbocycles. The summed E-state index contributed by atoms with van der Waals surface area (Å²) in [6.45, 7) is 2.16. The van der Waals surface area contributed by atoms with Gasteiger partial charge in [0.2, 0.25) is 0 Å². The summed E-state index contributed by atoms with van der Waals surface area (Å²) in [5, 5.41) is 13.6. The van der Waals surface area contributed by atoms with Gasteiger partial charge in [0.15, 0.2) is 5.84 Å². The lowest BCUT2D eigenvalue weighted by Crippen LogP contribution is -2.45. The van der Waals surface area contributed by atoms with E-state index in [4.69, 9.17) is 10.9 Å². The lowest BCUT2D eigenvalue weighted by molar-refractivity contribution is -0.154. The summed E-state index contributed by atoms with van der Waals surface area (Å²) in [4.78, 5) is 0. The van der Waals surface area contributed by atoms with Gasteiger partial charge in [-0.25, -0.2) is 0 Å². The average molecular weight is 285 g/mol. The van der Waals surface area contributed by atoms with E-state index in [0.29, 0.717) is 6.54 Å². The third-order valence-corrected chi connectivity index (χ3v) is 4.55. The molecule has 1 aliphatic rings. The molecule has 0 radical (unpaired) electrons. The minimum absolute atomic E-state index is 0.0126. The van der Waals surface area contributed by atoms with Crippen LogP contribution in [0.5, 0.6) is 0 Å². The first kappa shape index (κ1) is 15.4. The molecule has 0 aromatic rings. The number of halogens is 3. The van der Waals surface area contributed by atoms with E-state index in [9.17, 15) is 13.2 Å². The van der Waals surface area contributed by atoms with Crippen LogP contribution in [0, 0.1) is 5.92 Å². The van der Waals surface area contributed by atoms with Gasteiger partial charge in [-0.3, -0.25) is 0 Å². The molecule has 1 saturated heterocycles. The van der Waals surface area contributed by atoms with Crippen molar-refractivity contribution in [1.29, 1.82) is 0 Å². The van der Waals surface area contributed by atoms with Crippen molar-refractivity contribution in [2.75, 3.05) is 18.8 Å². The minimum Gasteiger partial charge on any atom is -0.409 e. The third-order valence-electron chi connectivity index (χ3n) is 3.02. The van der Waals surface area contributed by atoms with Crippen molar-refractivity contribution in [2.24, 2.45) is 16.8 Å². The summed E-state index contributed by atoms with van der Waals surface area (Å²) in [6.07, 6.45) is -2.43. The summed E-state index contributed by atoms with van der Waals surface area (Å²) in [5.74, 6) is -1.71. The molecule has 0 aromatic carbocycles. The van der Waals surface area contributed by atoms with E-state index in [-0.39, 0.29) is 11.3 Å². The van der Waals surface area contributed by atoms with E-state index in [0.717, 1.165) is 18.6 Å². The van der Waals surface area contributed by atoms with Crippen LogP contribution in [0.15, 0.2) is 5.16 Å². The second kappa shape index (κ2) is 6.01. The summed E-state index contributed by atoms with van der Waals surface area (Å²) < 4.78 is 37.9. The lowest BCUT2D eigenvalue weighted by Gasteiger charge is -2.25. The van der Waals surface area contributed by atoms with Gasteiger partial charge in [-0.15, -0.1) is 0 Å². The van der Waals surface area contributed by atoms with Crippen LogP contribution in [0.1, 0.15) is 19.8 Å². The van der Waals surface area contributed by atoms with Gasteiger partial charge in [0, 0.05) is 17.8 Å². The van der Waals surface area contributed by atoms with E-state index < -0.39 is 17.9 Å². The number of thioether (sulfide) groups is 1. The van der Waals surface area contributed by atoms with Crippen molar-refractivity contribution in [3.05, 3.63) is 0 Å². The van der Waals surface area contributed by atoms with Gasteiger partial charge in [-0.2, -0.15) is 24.9 Å². The molecule has 1 aliphatic heterocycles. The fourth-order valence-electron chi connectivity index (χ4n) is 1.91. The maximum atomic E-state index is 12.6. The number of oxime groups is 1. The molecule has 18 heavy (non-hydrogen) atoms. The monoisotopic (exact) mass is 285 g/mol. The lowest BCUT2D eigenvalue weighted by atomic mass is 10.0. The number of amidine groups is 1. The highest BCUT2D eigenvalue weighted by atomic mass is 32.2. The van der Waals surface area contributed by atoms with E-state index in [1.807, 2.05) is 6.92 Å². The minimum atomic E-state index is -4.51. The standard InChI is InChI=1S/C10H18F3N3OS/c1-9(3-2-4-18-9)6-15-5-7(8(14)16-17)10(11,12)13/h7,15,17H,2-6H2,1H3,(H2,14,16). The highest BCUT2D eigenvalue weighted by Gasteiger charge is 2.43. The Morgan fingerprint density at radius 3 is 2.72 bits per heavy atom. The van der Waals surface area contributed by atoms with Crippen molar-refractivity contribution >= 4 is 17.6 Å². The van der Waals surface area contributed by atoms with Gasteiger partial charge in [0.1, 0.15) is 5.92 Å². The molecular weight excluding hydrogens is 267 g/mol. The summed E-state index contributed by atoms with van der Waals surface area (Å²) in [5.41, 5.74) is 5.07. The van der Waals surface area contributed by atoms with Crippen molar-refractivity contribution in [3.8, 4) is 0 Å². The zero-order valence-electron chi connectivity index (χ0n) is 10.1. The van der Waals surface area contributed by atoms with Crippen LogP contribution in [0.3, 0.4) is 0 Å². The number of hydrogen-bond donors (Lipinski definition) is 3. The molecule has 4 N–H and O–H groups in total. The van der Waals surface area contributed by atoms with Crippen molar-refractivity contribution in [2.45, 2.75) is 30.7 Å². The molecule has 0 aliphatic carbocycles. The Labute approximate surface area is 108 Å². The van der Waals surface area contributed by atoms with Crippen LogP contribution in [0.2, 0.25) is 0 Å². The first-order valence-electron chi connectivity index (χ1n) is 5.67. The number of nitrogens with one attached hydrogen (secondary N) is 1. The van der Waals surface area contributed by atoms with Crippen LogP contribution >= 0.6 is 11.8 Å². The van der Waals surface area contributed by atoms with Gasteiger partial charge >= 0.3 is 6.18 Å². The van der Waals surface area contributed by atoms with Crippen LogP contribution in [-0.4, -0.2) is 40.8 Å². The fourth-order valence-corrected chi connectivity index (χ4v) is 3.19. The normalized spacial score (nSPS) is 27.4. The molecule has 0 spiro atoms. The molecule has 1 rings (SSSR count). The Hall–Kier alpha value is -0.630. The second-order valence-electron chi connectivity index (χ2n) is 4.65. The van der Waals surface area contributed by atoms with Gasteiger partial charge in [0.25, 0.3) is 0 Å². The van der Waals surface area contributed by atoms with Crippen LogP contribution in [0.4, 0.5) is 13.2 Å². The molecule has 4 nitrogen and oxygen atoms in total. The van der Waals surface area contributed by atoms with Gasteiger partial charge in [0.05, 0.1) is 0 Å². The largest absolute Gasteiger partial charge is 0.409 e. The van der Waals surface area contributed by atoms with Gasteiger partial charge in [-0.1, -0.05) is 5.16 Å². The van der Waals surface area contributed by atoms with Crippen LogP contribution in [-0.2, 0) is 0 Å². The SMILES string of the molecule is CC1(CNCC(C(N)=NO)C(F)(F)F)CCCS1. The predicted molar refractivity (Wildman–Crippen MR) is 65.9 cm³/mol. The van der Waals surface area contributed by atoms with E-state index in [1.54, 1.807) is 11.8 Å². The second-order valence-corrected chi connectivity index (χ2v) is 6.33. The summed E-state index contributed by atoms with van der Waals surface area (Å²) >= 11 is 1.76. The maximum absolute atomic E-state index is 12.6. The Morgan fingerprint density at radius 1 is 1.61 bits per heavy atom. The van der Waals surface area contributed by atoms with Crippen molar-refractivity contribution < 1.29 is 18.4 Å². The molecule has 1 heterocycles. The molecule has 0 aromatic heterocycles. The molecule has 0 bridgehead atoms. The quantitative estimate of drug-likeness (QED) is 0.312. The Morgan fingerprint density at radius 2 is 2.28 bits per heavy atom. The maximum Gasteiger partial charge on any atom is 0.400 e. The number of rotatable bonds is 5. The Bertz CT molecular complexity index is 303. The first-order valence-corrected chi connectivity index (χ1v) is 6.66. The summed E-state index contributed by atoms with van der Waals surface area (Å²) in [6, 6.07) is 0. The highest BCUT2D eigenvalue weighted by Crippen LogP contribution is 2.37. The number of nitrogens with zero attached hydrogens (tertiary/aromatic N) is 1. The van der Waals surface area contributed by atoms with E-state index in [1.165, 1.54) is 0 Å². The predicted octanol–water partition coefficient (Wildman–Crippen LogP) is 1.79.